The van der Waals surface area contributed by atoms with Gasteiger partial charge in [-0.05, 0) is 115 Å². The number of aromatic nitrogens is 4. The molecule has 260 valence electrons. The predicted octanol–water partition coefficient (Wildman–Crippen LogP) is 5.88. The van der Waals surface area contributed by atoms with Gasteiger partial charge in [-0.1, -0.05) is 13.0 Å². The van der Waals surface area contributed by atoms with Crippen molar-refractivity contribution in [1.82, 2.24) is 29.5 Å². The lowest BCUT2D eigenvalue weighted by molar-refractivity contribution is -0.0366. The lowest BCUT2D eigenvalue weighted by Crippen LogP contribution is -2.50. The van der Waals surface area contributed by atoms with E-state index in [0.717, 1.165) is 62.3 Å². The first-order valence-electron chi connectivity index (χ1n) is 18.1. The Hall–Kier alpha value is -3.44. The van der Waals surface area contributed by atoms with E-state index >= 15 is 0 Å². The Morgan fingerprint density at radius 2 is 1.83 bits per heavy atom. The molecule has 1 amide bonds. The number of rotatable bonds is 6. The van der Waals surface area contributed by atoms with E-state index in [9.17, 15) is 4.79 Å². The Morgan fingerprint density at radius 1 is 1.02 bits per heavy atom. The molecule has 3 saturated heterocycles. The molecule has 0 saturated carbocycles. The number of likely N-dealkylation sites (tertiary alicyclic amines) is 1. The SMILES string of the molecule is Cc1ccc2c(cnn2C2CCCCO2)c1C1Cc2nc(OC[C@@H]3CCCN3C)nc(N3CCN(C(=O)OC(C)(C)C)CC3)c2CC1C. The minimum Gasteiger partial charge on any atom is -0.462 e. The molecule has 7 rings (SSSR count). The van der Waals surface area contributed by atoms with Gasteiger partial charge >= 0.3 is 12.1 Å². The fourth-order valence-electron chi connectivity index (χ4n) is 8.14. The summed E-state index contributed by atoms with van der Waals surface area (Å²) >= 11 is 0. The van der Waals surface area contributed by atoms with Crippen molar-refractivity contribution in [2.75, 3.05) is 57.9 Å². The molecule has 2 aromatic heterocycles. The minimum absolute atomic E-state index is 0.000940. The number of likely N-dealkylation sites (N-methyl/N-ethyl adjacent to an activating group) is 1. The Bertz CT molecular complexity index is 1620. The van der Waals surface area contributed by atoms with Crippen LogP contribution >= 0.6 is 0 Å². The van der Waals surface area contributed by atoms with Crippen LogP contribution in [-0.2, 0) is 22.3 Å². The molecule has 5 heterocycles. The van der Waals surface area contributed by atoms with E-state index < -0.39 is 5.60 Å². The zero-order valence-corrected chi connectivity index (χ0v) is 29.7. The van der Waals surface area contributed by atoms with Gasteiger partial charge in [0, 0.05) is 49.8 Å². The summed E-state index contributed by atoms with van der Waals surface area (Å²) in [6.45, 7) is 15.3. The van der Waals surface area contributed by atoms with Crippen LogP contribution in [0.25, 0.3) is 10.9 Å². The Kier molecular flexibility index (Phi) is 9.28. The molecule has 4 aliphatic rings. The third kappa shape index (κ3) is 6.72. The number of hydrogen-bond donors (Lipinski definition) is 0. The third-order valence-corrected chi connectivity index (χ3v) is 10.8. The number of nitrogens with zero attached hydrogens (tertiary/aromatic N) is 7. The normalized spacial score (nSPS) is 25.4. The predicted molar refractivity (Wildman–Crippen MR) is 186 cm³/mol. The van der Waals surface area contributed by atoms with Crippen molar-refractivity contribution in [3.63, 3.8) is 0 Å². The van der Waals surface area contributed by atoms with Gasteiger partial charge in [0.1, 0.15) is 18.0 Å². The zero-order valence-electron chi connectivity index (χ0n) is 29.7. The minimum atomic E-state index is -0.517. The number of amides is 1. The van der Waals surface area contributed by atoms with Crippen LogP contribution in [0, 0.1) is 12.8 Å². The zero-order chi connectivity index (χ0) is 33.6. The molecule has 11 nitrogen and oxygen atoms in total. The number of aryl methyl sites for hydroxylation is 1. The highest BCUT2D eigenvalue weighted by atomic mass is 16.6. The molecule has 11 heteroatoms. The number of carbonyl (C=O) groups excluding carboxylic acids is 1. The smallest absolute Gasteiger partial charge is 0.410 e. The molecule has 3 aliphatic heterocycles. The number of carbonyl (C=O) groups is 1. The van der Waals surface area contributed by atoms with Crippen LogP contribution < -0.4 is 9.64 Å². The van der Waals surface area contributed by atoms with E-state index in [-0.39, 0.29) is 18.2 Å². The van der Waals surface area contributed by atoms with Crippen LogP contribution in [-0.4, -0.2) is 100 Å². The van der Waals surface area contributed by atoms with E-state index in [2.05, 4.69) is 53.7 Å². The van der Waals surface area contributed by atoms with Crippen molar-refractivity contribution < 1.29 is 19.0 Å². The van der Waals surface area contributed by atoms with Crippen molar-refractivity contribution in [2.24, 2.45) is 5.92 Å². The van der Waals surface area contributed by atoms with Gasteiger partial charge in [-0.2, -0.15) is 15.1 Å². The molecule has 0 N–H and O–H groups in total. The summed E-state index contributed by atoms with van der Waals surface area (Å²) < 4.78 is 20.3. The average molecular weight is 660 g/mol. The number of benzene rings is 1. The summed E-state index contributed by atoms with van der Waals surface area (Å²) in [7, 11) is 2.17. The van der Waals surface area contributed by atoms with Crippen LogP contribution in [0.2, 0.25) is 0 Å². The molecule has 0 bridgehead atoms. The highest BCUT2D eigenvalue weighted by molar-refractivity contribution is 5.84. The molecule has 3 aromatic rings. The van der Waals surface area contributed by atoms with E-state index in [1.165, 1.54) is 34.9 Å². The summed E-state index contributed by atoms with van der Waals surface area (Å²) in [6.07, 6.45) is 9.10. The van der Waals surface area contributed by atoms with E-state index in [1.54, 1.807) is 0 Å². The van der Waals surface area contributed by atoms with E-state index in [4.69, 9.17) is 29.3 Å². The topological polar surface area (TPSA) is 98.1 Å². The maximum absolute atomic E-state index is 12.8. The Balaban J connectivity index is 1.19. The first kappa shape index (κ1) is 33.1. The first-order chi connectivity index (χ1) is 23.1. The number of hydrogen-bond acceptors (Lipinski definition) is 9. The first-order valence-corrected chi connectivity index (χ1v) is 18.1. The van der Waals surface area contributed by atoms with Crippen LogP contribution in [0.3, 0.4) is 0 Å². The van der Waals surface area contributed by atoms with Crippen LogP contribution in [0.4, 0.5) is 10.6 Å². The van der Waals surface area contributed by atoms with Gasteiger partial charge in [-0.15, -0.1) is 0 Å². The van der Waals surface area contributed by atoms with Crippen molar-refractivity contribution >= 4 is 22.8 Å². The Morgan fingerprint density at radius 3 is 2.54 bits per heavy atom. The van der Waals surface area contributed by atoms with Gasteiger partial charge in [-0.25, -0.2) is 9.48 Å². The lowest BCUT2D eigenvalue weighted by atomic mass is 9.73. The fraction of sp³-hybridized carbons (Fsp3) is 0.676. The summed E-state index contributed by atoms with van der Waals surface area (Å²) in [5.74, 6) is 1.62. The quantitative estimate of drug-likeness (QED) is 0.321. The van der Waals surface area contributed by atoms with Crippen molar-refractivity contribution in [3.05, 3.63) is 40.7 Å². The second kappa shape index (κ2) is 13.5. The molecule has 1 aliphatic carbocycles. The van der Waals surface area contributed by atoms with Gasteiger partial charge in [0.25, 0.3) is 0 Å². The second-order valence-corrected chi connectivity index (χ2v) is 15.4. The van der Waals surface area contributed by atoms with Crippen LogP contribution in [0.15, 0.2) is 18.3 Å². The van der Waals surface area contributed by atoms with Gasteiger partial charge in [-0.3, -0.25) is 0 Å². The molecular formula is C37H53N7O4. The van der Waals surface area contributed by atoms with Gasteiger partial charge < -0.3 is 28.9 Å². The highest BCUT2D eigenvalue weighted by Crippen LogP contribution is 2.44. The molecule has 48 heavy (non-hydrogen) atoms. The standard InChI is InChI=1S/C37H53N7O4/c1-24-12-13-31-29(22-38-44(31)32-11-7-8-19-46-32)33(24)27-21-30-28(20-25(27)2)34(40-35(39-30)47-23-26-10-9-14-41(26)6)42-15-17-43(18-16-42)36(45)48-37(3,4)5/h12-13,22,25-27,32H,7-11,14-21,23H2,1-6H3/t25?,26-,27?,32?/m0/s1. The maximum atomic E-state index is 12.8. The molecule has 1 aromatic carbocycles. The summed E-state index contributed by atoms with van der Waals surface area (Å²) in [4.78, 5) is 29.6. The van der Waals surface area contributed by atoms with Crippen LogP contribution in [0.5, 0.6) is 6.01 Å². The number of anilines is 1. The van der Waals surface area contributed by atoms with Crippen molar-refractivity contribution in [1.29, 1.82) is 0 Å². The largest absolute Gasteiger partial charge is 0.462 e. The molecule has 0 radical (unpaired) electrons. The number of fused-ring (bicyclic) bond motifs is 2. The van der Waals surface area contributed by atoms with Gasteiger partial charge in [0.05, 0.1) is 17.4 Å². The van der Waals surface area contributed by atoms with Crippen LogP contribution in [0.1, 0.15) is 94.3 Å². The van der Waals surface area contributed by atoms with Crippen molar-refractivity contribution in [2.45, 2.75) is 103 Å². The average Bonchev–Trinajstić information content (AvgIpc) is 3.69. The van der Waals surface area contributed by atoms with Gasteiger partial charge in [0.15, 0.2) is 6.23 Å². The van der Waals surface area contributed by atoms with Gasteiger partial charge in [0.2, 0.25) is 0 Å². The monoisotopic (exact) mass is 659 g/mol. The molecule has 3 unspecified atom stereocenters. The maximum Gasteiger partial charge on any atom is 0.410 e. The summed E-state index contributed by atoms with van der Waals surface area (Å²) in [5.41, 5.74) is 5.58. The summed E-state index contributed by atoms with van der Waals surface area (Å²) in [5, 5.41) is 6.10. The molecule has 0 spiro atoms. The van der Waals surface area contributed by atoms with E-state index in [0.29, 0.717) is 50.8 Å². The molecule has 3 fully saturated rings. The number of piperazine rings is 1. The summed E-state index contributed by atoms with van der Waals surface area (Å²) in [6, 6.07) is 5.31. The van der Waals surface area contributed by atoms with E-state index in [1.807, 2.05) is 25.7 Å². The molecule has 4 atom stereocenters. The lowest BCUT2D eigenvalue weighted by Gasteiger charge is -2.39. The fourth-order valence-corrected chi connectivity index (χ4v) is 8.14. The number of ether oxygens (including phenoxy) is 3. The highest BCUT2D eigenvalue weighted by Gasteiger charge is 2.36. The Labute approximate surface area is 284 Å². The molecular weight excluding hydrogens is 606 g/mol. The second-order valence-electron chi connectivity index (χ2n) is 15.4. The third-order valence-electron chi connectivity index (χ3n) is 10.8. The van der Waals surface area contributed by atoms with Crippen molar-refractivity contribution in [3.8, 4) is 6.01 Å².